The van der Waals surface area contributed by atoms with Gasteiger partial charge in [0.25, 0.3) is 0 Å². The largest absolute Gasteiger partial charge is 0.481 e. The van der Waals surface area contributed by atoms with Crippen molar-refractivity contribution < 1.29 is 19.0 Å². The van der Waals surface area contributed by atoms with Crippen LogP contribution in [0.5, 0.6) is 5.88 Å². The van der Waals surface area contributed by atoms with Crippen molar-refractivity contribution in [3.8, 4) is 17.0 Å². The van der Waals surface area contributed by atoms with Crippen LogP contribution in [-0.4, -0.2) is 48.9 Å². The molecule has 2 aromatic rings. The number of pyridine rings is 1. The molecule has 1 amide bonds. The first-order chi connectivity index (χ1) is 13.3. The van der Waals surface area contributed by atoms with E-state index in [2.05, 4.69) is 17.1 Å². The van der Waals surface area contributed by atoms with Crippen molar-refractivity contribution in [2.45, 2.75) is 38.9 Å². The number of carbonyl (C=O) groups is 1. The Morgan fingerprint density at radius 1 is 1.32 bits per heavy atom. The summed E-state index contributed by atoms with van der Waals surface area (Å²) < 4.78 is 16.7. The zero-order valence-electron chi connectivity index (χ0n) is 17.2. The van der Waals surface area contributed by atoms with Crippen LogP contribution >= 0.6 is 0 Å². The maximum absolute atomic E-state index is 12.3. The molecule has 6 nitrogen and oxygen atoms in total. The van der Waals surface area contributed by atoms with Crippen LogP contribution in [0.1, 0.15) is 38.0 Å². The molecule has 0 radical (unpaired) electrons. The SMILES string of the molecule is COc1cc(-c2cccc3c2CCOC3CN(C)C(=O)OC(C)(C)C)ccn1. The van der Waals surface area contributed by atoms with Crippen LogP contribution < -0.4 is 4.74 Å². The number of benzene rings is 1. The summed E-state index contributed by atoms with van der Waals surface area (Å²) in [6, 6.07) is 10.1. The molecule has 0 bridgehead atoms. The van der Waals surface area contributed by atoms with E-state index in [1.807, 2.05) is 39.0 Å². The quantitative estimate of drug-likeness (QED) is 0.789. The Hall–Kier alpha value is -2.60. The number of nitrogens with zero attached hydrogens (tertiary/aromatic N) is 2. The molecule has 1 atom stereocenters. The van der Waals surface area contributed by atoms with Gasteiger partial charge in [-0.25, -0.2) is 9.78 Å². The van der Waals surface area contributed by atoms with Gasteiger partial charge in [0.05, 0.1) is 20.3 Å². The summed E-state index contributed by atoms with van der Waals surface area (Å²) in [5, 5.41) is 0. The number of hydrogen-bond donors (Lipinski definition) is 0. The second-order valence-electron chi connectivity index (χ2n) is 7.93. The Labute approximate surface area is 166 Å². The van der Waals surface area contributed by atoms with Crippen LogP contribution in [0, 0.1) is 0 Å². The zero-order chi connectivity index (χ0) is 20.3. The summed E-state index contributed by atoms with van der Waals surface area (Å²) >= 11 is 0. The van der Waals surface area contributed by atoms with Gasteiger partial charge in [0.1, 0.15) is 11.7 Å². The fourth-order valence-electron chi connectivity index (χ4n) is 3.35. The molecule has 1 unspecified atom stereocenters. The third kappa shape index (κ3) is 4.62. The second-order valence-corrected chi connectivity index (χ2v) is 7.93. The number of rotatable bonds is 4. The van der Waals surface area contributed by atoms with Crippen LogP contribution in [-0.2, 0) is 15.9 Å². The Morgan fingerprint density at radius 2 is 2.11 bits per heavy atom. The lowest BCUT2D eigenvalue weighted by atomic mass is 9.89. The molecule has 0 N–H and O–H groups in total. The molecular weight excluding hydrogens is 356 g/mol. The normalized spacial score (nSPS) is 16.2. The van der Waals surface area contributed by atoms with E-state index in [4.69, 9.17) is 14.2 Å². The summed E-state index contributed by atoms with van der Waals surface area (Å²) in [7, 11) is 3.35. The van der Waals surface area contributed by atoms with Crippen LogP contribution in [0.2, 0.25) is 0 Å². The molecule has 1 aliphatic rings. The first-order valence-electron chi connectivity index (χ1n) is 9.46. The van der Waals surface area contributed by atoms with Gasteiger partial charge in [0.15, 0.2) is 0 Å². The predicted molar refractivity (Wildman–Crippen MR) is 107 cm³/mol. The van der Waals surface area contributed by atoms with Crippen molar-refractivity contribution in [3.63, 3.8) is 0 Å². The van der Waals surface area contributed by atoms with Crippen molar-refractivity contribution in [2.75, 3.05) is 27.3 Å². The van der Waals surface area contributed by atoms with E-state index < -0.39 is 5.60 Å². The minimum atomic E-state index is -0.524. The standard InChI is InChI=1S/C22H28N2O4/c1-22(2,3)28-21(25)24(4)14-19-18-8-6-7-16(17(18)10-12-27-19)15-9-11-23-20(13-15)26-5/h6-9,11,13,19H,10,12,14H2,1-5H3. The maximum Gasteiger partial charge on any atom is 0.410 e. The molecule has 0 saturated carbocycles. The number of methoxy groups -OCH3 is 1. The van der Waals surface area contributed by atoms with Crippen molar-refractivity contribution in [1.82, 2.24) is 9.88 Å². The molecule has 0 saturated heterocycles. The lowest BCUT2D eigenvalue weighted by molar-refractivity contribution is -0.00157. The maximum atomic E-state index is 12.3. The summed E-state index contributed by atoms with van der Waals surface area (Å²) in [4.78, 5) is 18.1. The van der Waals surface area contributed by atoms with E-state index in [1.165, 1.54) is 5.56 Å². The van der Waals surface area contributed by atoms with Crippen molar-refractivity contribution >= 4 is 6.09 Å². The smallest absolute Gasteiger partial charge is 0.410 e. The number of amides is 1. The summed E-state index contributed by atoms with van der Waals surface area (Å²) in [6.45, 7) is 6.63. The molecule has 2 heterocycles. The van der Waals surface area contributed by atoms with Gasteiger partial charge in [-0.2, -0.15) is 0 Å². The molecule has 1 aromatic carbocycles. The molecule has 1 aromatic heterocycles. The highest BCUT2D eigenvalue weighted by Crippen LogP contribution is 2.35. The minimum absolute atomic E-state index is 0.190. The molecule has 0 fully saturated rings. The van der Waals surface area contributed by atoms with Gasteiger partial charge in [0.2, 0.25) is 5.88 Å². The number of carbonyl (C=O) groups excluding carboxylic acids is 1. The van der Waals surface area contributed by atoms with Gasteiger partial charge >= 0.3 is 6.09 Å². The number of aromatic nitrogens is 1. The van der Waals surface area contributed by atoms with Crippen LogP contribution in [0.4, 0.5) is 4.79 Å². The number of likely N-dealkylation sites (N-methyl/N-ethyl adjacent to an activating group) is 1. The van der Waals surface area contributed by atoms with Crippen LogP contribution in [0.15, 0.2) is 36.5 Å². The van der Waals surface area contributed by atoms with E-state index in [-0.39, 0.29) is 12.2 Å². The van der Waals surface area contributed by atoms with E-state index in [0.29, 0.717) is 19.0 Å². The predicted octanol–water partition coefficient (Wildman–Crippen LogP) is 4.24. The van der Waals surface area contributed by atoms with E-state index in [9.17, 15) is 4.79 Å². The van der Waals surface area contributed by atoms with Crippen molar-refractivity contribution in [1.29, 1.82) is 0 Å². The monoisotopic (exact) mass is 384 g/mol. The number of hydrogen-bond acceptors (Lipinski definition) is 5. The Kier molecular flexibility index (Phi) is 5.89. The number of fused-ring (bicyclic) bond motifs is 1. The summed E-state index contributed by atoms with van der Waals surface area (Å²) in [5.74, 6) is 0.586. The first kappa shape index (κ1) is 20.1. The van der Waals surface area contributed by atoms with Gasteiger partial charge in [-0.3, -0.25) is 0 Å². The Bertz CT molecular complexity index is 845. The summed E-state index contributed by atoms with van der Waals surface area (Å²) in [5.41, 5.74) is 4.03. The molecule has 3 rings (SSSR count). The third-order valence-corrected chi connectivity index (χ3v) is 4.63. The van der Waals surface area contributed by atoms with Gasteiger partial charge in [-0.1, -0.05) is 18.2 Å². The molecular formula is C22H28N2O4. The Balaban J connectivity index is 1.85. The van der Waals surface area contributed by atoms with E-state index >= 15 is 0 Å². The van der Waals surface area contributed by atoms with Gasteiger partial charge in [-0.15, -0.1) is 0 Å². The molecule has 28 heavy (non-hydrogen) atoms. The fourth-order valence-corrected chi connectivity index (χ4v) is 3.35. The highest BCUT2D eigenvalue weighted by Gasteiger charge is 2.27. The Morgan fingerprint density at radius 3 is 2.82 bits per heavy atom. The molecule has 0 spiro atoms. The number of ether oxygens (including phenoxy) is 3. The molecule has 1 aliphatic heterocycles. The molecule has 6 heteroatoms. The topological polar surface area (TPSA) is 60.9 Å². The molecule has 150 valence electrons. The minimum Gasteiger partial charge on any atom is -0.481 e. The second kappa shape index (κ2) is 8.19. The zero-order valence-corrected chi connectivity index (χ0v) is 17.2. The first-order valence-corrected chi connectivity index (χ1v) is 9.46. The van der Waals surface area contributed by atoms with Gasteiger partial charge < -0.3 is 19.1 Å². The average Bonchev–Trinajstić information content (AvgIpc) is 2.66. The van der Waals surface area contributed by atoms with Crippen LogP contribution in [0.25, 0.3) is 11.1 Å². The third-order valence-electron chi connectivity index (χ3n) is 4.63. The van der Waals surface area contributed by atoms with E-state index in [0.717, 1.165) is 23.1 Å². The van der Waals surface area contributed by atoms with E-state index in [1.54, 1.807) is 25.3 Å². The van der Waals surface area contributed by atoms with Crippen molar-refractivity contribution in [3.05, 3.63) is 47.7 Å². The van der Waals surface area contributed by atoms with Gasteiger partial charge in [0, 0.05) is 19.3 Å². The fraction of sp³-hybridized carbons (Fsp3) is 0.455. The van der Waals surface area contributed by atoms with Crippen LogP contribution in [0.3, 0.4) is 0 Å². The highest BCUT2D eigenvalue weighted by molar-refractivity contribution is 5.70. The highest BCUT2D eigenvalue weighted by atomic mass is 16.6. The summed E-state index contributed by atoms with van der Waals surface area (Å²) in [6.07, 6.45) is 2.03. The molecule has 0 aliphatic carbocycles. The van der Waals surface area contributed by atoms with Crippen molar-refractivity contribution in [2.24, 2.45) is 0 Å². The lowest BCUT2D eigenvalue weighted by Crippen LogP contribution is -2.38. The lowest BCUT2D eigenvalue weighted by Gasteiger charge is -2.32. The van der Waals surface area contributed by atoms with Gasteiger partial charge in [-0.05, 0) is 55.5 Å². The average molecular weight is 384 g/mol.